The van der Waals surface area contributed by atoms with Crippen molar-refractivity contribution >= 4 is 5.97 Å². The van der Waals surface area contributed by atoms with Crippen LogP contribution in [0.5, 0.6) is 0 Å². The Morgan fingerprint density at radius 3 is 3.00 bits per heavy atom. The molecule has 0 aliphatic heterocycles. The first-order chi connectivity index (χ1) is 5.72. The predicted octanol–water partition coefficient (Wildman–Crippen LogP) is 0.920. The van der Waals surface area contributed by atoms with E-state index in [2.05, 4.69) is 5.10 Å². The van der Waals surface area contributed by atoms with Gasteiger partial charge in [0.15, 0.2) is 0 Å². The molecular weight excluding hydrogens is 156 g/mol. The monoisotopic (exact) mass is 168 g/mol. The Hall–Kier alpha value is -1.32. The van der Waals surface area contributed by atoms with E-state index in [1.807, 2.05) is 19.2 Å². The summed E-state index contributed by atoms with van der Waals surface area (Å²) in [5.41, 5.74) is 0.847. The third-order valence-electron chi connectivity index (χ3n) is 1.61. The van der Waals surface area contributed by atoms with Crippen molar-refractivity contribution < 1.29 is 9.90 Å². The van der Waals surface area contributed by atoms with E-state index in [1.165, 1.54) is 0 Å². The standard InChI is InChI=1S/C8H12N2O2/c1-2-10-6-5-7(9-10)3-4-8(11)12/h5-6H,2-4H2,1H3,(H,11,12). The Kier molecular flexibility index (Phi) is 2.85. The van der Waals surface area contributed by atoms with Crippen LogP contribution < -0.4 is 0 Å². The molecule has 0 saturated heterocycles. The SMILES string of the molecule is CCn1ccc(CCC(=O)O)n1. The quantitative estimate of drug-likeness (QED) is 0.727. The van der Waals surface area contributed by atoms with Crippen molar-refractivity contribution in [1.29, 1.82) is 0 Å². The minimum atomic E-state index is -0.777. The minimum Gasteiger partial charge on any atom is -0.481 e. The third kappa shape index (κ3) is 2.38. The Morgan fingerprint density at radius 2 is 2.50 bits per heavy atom. The van der Waals surface area contributed by atoms with Crippen molar-refractivity contribution in [2.45, 2.75) is 26.3 Å². The van der Waals surface area contributed by atoms with Gasteiger partial charge in [0.1, 0.15) is 0 Å². The molecule has 1 rings (SSSR count). The summed E-state index contributed by atoms with van der Waals surface area (Å²) in [4.78, 5) is 10.2. The summed E-state index contributed by atoms with van der Waals surface area (Å²) in [7, 11) is 0. The lowest BCUT2D eigenvalue weighted by molar-refractivity contribution is -0.136. The number of hydrogen-bond donors (Lipinski definition) is 1. The molecule has 0 spiro atoms. The van der Waals surface area contributed by atoms with E-state index in [9.17, 15) is 4.79 Å². The first-order valence-corrected chi connectivity index (χ1v) is 3.96. The van der Waals surface area contributed by atoms with E-state index in [1.54, 1.807) is 4.68 Å². The summed E-state index contributed by atoms with van der Waals surface area (Å²) < 4.78 is 1.79. The zero-order valence-corrected chi connectivity index (χ0v) is 7.03. The van der Waals surface area contributed by atoms with Crippen molar-refractivity contribution in [2.75, 3.05) is 0 Å². The number of nitrogens with zero attached hydrogens (tertiary/aromatic N) is 2. The molecule has 1 heterocycles. The minimum absolute atomic E-state index is 0.153. The molecule has 0 aliphatic rings. The van der Waals surface area contributed by atoms with Crippen LogP contribution in [0.2, 0.25) is 0 Å². The highest BCUT2D eigenvalue weighted by atomic mass is 16.4. The highest BCUT2D eigenvalue weighted by Gasteiger charge is 2.01. The molecule has 0 radical (unpaired) electrons. The number of aliphatic carboxylic acids is 1. The summed E-state index contributed by atoms with van der Waals surface area (Å²) in [5, 5.41) is 12.6. The highest BCUT2D eigenvalue weighted by molar-refractivity contribution is 5.66. The maximum atomic E-state index is 10.2. The van der Waals surface area contributed by atoms with Gasteiger partial charge < -0.3 is 5.11 Å². The summed E-state index contributed by atoms with van der Waals surface area (Å²) in [6.07, 6.45) is 2.53. The smallest absolute Gasteiger partial charge is 0.303 e. The fourth-order valence-electron chi connectivity index (χ4n) is 0.948. The van der Waals surface area contributed by atoms with Gasteiger partial charge in [-0.2, -0.15) is 5.10 Å². The summed E-state index contributed by atoms with van der Waals surface area (Å²) in [6, 6.07) is 1.85. The molecule has 12 heavy (non-hydrogen) atoms. The Morgan fingerprint density at radius 1 is 1.75 bits per heavy atom. The van der Waals surface area contributed by atoms with Gasteiger partial charge in [0.2, 0.25) is 0 Å². The molecule has 0 amide bonds. The molecule has 0 atom stereocenters. The zero-order chi connectivity index (χ0) is 8.97. The van der Waals surface area contributed by atoms with Gasteiger partial charge in [-0.05, 0) is 13.0 Å². The maximum Gasteiger partial charge on any atom is 0.303 e. The topological polar surface area (TPSA) is 55.1 Å². The highest BCUT2D eigenvalue weighted by Crippen LogP contribution is 1.99. The van der Waals surface area contributed by atoms with Crippen LogP contribution in [-0.4, -0.2) is 20.9 Å². The van der Waals surface area contributed by atoms with Gasteiger partial charge in [-0.3, -0.25) is 9.48 Å². The first kappa shape index (κ1) is 8.77. The van der Waals surface area contributed by atoms with E-state index >= 15 is 0 Å². The Balaban J connectivity index is 2.47. The fourth-order valence-corrected chi connectivity index (χ4v) is 0.948. The van der Waals surface area contributed by atoms with Gasteiger partial charge >= 0.3 is 5.97 Å². The van der Waals surface area contributed by atoms with Crippen molar-refractivity contribution in [3.8, 4) is 0 Å². The molecule has 66 valence electrons. The molecule has 0 aliphatic carbocycles. The predicted molar refractivity (Wildman–Crippen MR) is 43.9 cm³/mol. The summed E-state index contributed by atoms with van der Waals surface area (Å²) in [5.74, 6) is -0.777. The number of carbonyl (C=O) groups is 1. The van der Waals surface area contributed by atoms with Gasteiger partial charge in [0.25, 0.3) is 0 Å². The molecule has 0 unspecified atom stereocenters. The molecular formula is C8H12N2O2. The molecule has 1 aromatic rings. The van der Waals surface area contributed by atoms with Gasteiger partial charge in [0.05, 0.1) is 12.1 Å². The second kappa shape index (κ2) is 3.90. The maximum absolute atomic E-state index is 10.2. The van der Waals surface area contributed by atoms with Crippen LogP contribution in [0.1, 0.15) is 19.0 Å². The number of aryl methyl sites for hydroxylation is 2. The number of hydrogen-bond acceptors (Lipinski definition) is 2. The normalized spacial score (nSPS) is 10.1. The van der Waals surface area contributed by atoms with Crippen LogP contribution in [0.15, 0.2) is 12.3 Å². The molecule has 1 N–H and O–H groups in total. The molecule has 4 nitrogen and oxygen atoms in total. The number of rotatable bonds is 4. The van der Waals surface area contributed by atoms with Crippen LogP contribution in [0.4, 0.5) is 0 Å². The first-order valence-electron chi connectivity index (χ1n) is 3.96. The number of carboxylic acids is 1. The van der Waals surface area contributed by atoms with Gasteiger partial charge in [-0.15, -0.1) is 0 Å². The van der Waals surface area contributed by atoms with Gasteiger partial charge in [-0.1, -0.05) is 0 Å². The third-order valence-corrected chi connectivity index (χ3v) is 1.61. The van der Waals surface area contributed by atoms with Gasteiger partial charge in [0, 0.05) is 19.2 Å². The molecule has 0 fully saturated rings. The largest absolute Gasteiger partial charge is 0.481 e. The lowest BCUT2D eigenvalue weighted by Gasteiger charge is -1.93. The van der Waals surface area contributed by atoms with Crippen LogP contribution >= 0.6 is 0 Å². The second-order valence-electron chi connectivity index (χ2n) is 2.56. The fraction of sp³-hybridized carbons (Fsp3) is 0.500. The van der Waals surface area contributed by atoms with Crippen molar-refractivity contribution in [1.82, 2.24) is 9.78 Å². The van der Waals surface area contributed by atoms with E-state index in [4.69, 9.17) is 5.11 Å². The van der Waals surface area contributed by atoms with Crippen LogP contribution in [0.3, 0.4) is 0 Å². The molecule has 0 aromatic carbocycles. The van der Waals surface area contributed by atoms with Crippen LogP contribution in [-0.2, 0) is 17.8 Å². The van der Waals surface area contributed by atoms with E-state index < -0.39 is 5.97 Å². The van der Waals surface area contributed by atoms with Crippen molar-refractivity contribution in [2.24, 2.45) is 0 Å². The van der Waals surface area contributed by atoms with E-state index in [0.717, 1.165) is 12.2 Å². The van der Waals surface area contributed by atoms with E-state index in [0.29, 0.717) is 6.42 Å². The lowest BCUT2D eigenvalue weighted by atomic mass is 10.2. The van der Waals surface area contributed by atoms with Crippen LogP contribution in [0.25, 0.3) is 0 Å². The van der Waals surface area contributed by atoms with E-state index in [-0.39, 0.29) is 6.42 Å². The Labute approximate surface area is 70.8 Å². The Bertz CT molecular complexity index is 268. The summed E-state index contributed by atoms with van der Waals surface area (Å²) in [6.45, 7) is 2.82. The van der Waals surface area contributed by atoms with Crippen molar-refractivity contribution in [3.05, 3.63) is 18.0 Å². The lowest BCUT2D eigenvalue weighted by Crippen LogP contribution is -2.00. The van der Waals surface area contributed by atoms with Gasteiger partial charge in [-0.25, -0.2) is 0 Å². The number of carboxylic acid groups (broad SMARTS) is 1. The molecule has 1 aromatic heterocycles. The number of aromatic nitrogens is 2. The van der Waals surface area contributed by atoms with Crippen LogP contribution in [0, 0.1) is 0 Å². The summed E-state index contributed by atoms with van der Waals surface area (Å²) >= 11 is 0. The molecule has 0 saturated carbocycles. The zero-order valence-electron chi connectivity index (χ0n) is 7.03. The average molecular weight is 168 g/mol. The average Bonchev–Trinajstić information content (AvgIpc) is 2.48. The molecule has 4 heteroatoms. The molecule has 0 bridgehead atoms. The van der Waals surface area contributed by atoms with Crippen molar-refractivity contribution in [3.63, 3.8) is 0 Å². The second-order valence-corrected chi connectivity index (χ2v) is 2.56.